The fourth-order valence-electron chi connectivity index (χ4n) is 1.96. The van der Waals surface area contributed by atoms with Gasteiger partial charge in [0.2, 0.25) is 0 Å². The van der Waals surface area contributed by atoms with Crippen LogP contribution in [0.25, 0.3) is 0 Å². The van der Waals surface area contributed by atoms with Crippen molar-refractivity contribution < 1.29 is 0 Å². The molecule has 0 unspecified atom stereocenters. The minimum atomic E-state index is 0.368. The molecule has 4 nitrogen and oxygen atoms in total. The standard InChI is InChI=1S/C12H25BN4/c1-7-16(10-8-14(4)5)13(3)17-11-9-15(6)12(17)2/h8-12H,7H2,1-6H3/b10-8-/t12-/m0/s1. The van der Waals surface area contributed by atoms with Crippen LogP contribution in [0, 0.1) is 0 Å². The molecule has 5 heteroatoms. The van der Waals surface area contributed by atoms with Crippen molar-refractivity contribution in [2.75, 3.05) is 27.7 Å². The lowest BCUT2D eigenvalue weighted by atomic mass is 9.75. The average Bonchev–Trinajstić information content (AvgIpc) is 2.60. The second kappa shape index (κ2) is 5.89. The van der Waals surface area contributed by atoms with Gasteiger partial charge in [-0.05, 0) is 20.7 Å². The minimum Gasteiger partial charge on any atom is -0.401 e. The topological polar surface area (TPSA) is 13.0 Å². The van der Waals surface area contributed by atoms with E-state index in [0.717, 1.165) is 6.54 Å². The molecule has 1 rings (SSSR count). The Morgan fingerprint density at radius 3 is 2.35 bits per heavy atom. The smallest absolute Gasteiger partial charge is 0.372 e. The molecule has 96 valence electrons. The van der Waals surface area contributed by atoms with Gasteiger partial charge in [0.25, 0.3) is 0 Å². The number of nitrogens with zero attached hydrogens (tertiary/aromatic N) is 4. The van der Waals surface area contributed by atoms with Gasteiger partial charge in [0.15, 0.2) is 0 Å². The molecule has 0 spiro atoms. The van der Waals surface area contributed by atoms with Crippen LogP contribution in [0.1, 0.15) is 13.8 Å². The van der Waals surface area contributed by atoms with Crippen LogP contribution in [-0.2, 0) is 0 Å². The molecule has 1 aliphatic rings. The van der Waals surface area contributed by atoms with Crippen molar-refractivity contribution in [1.29, 1.82) is 0 Å². The zero-order chi connectivity index (χ0) is 13.0. The van der Waals surface area contributed by atoms with E-state index in [1.807, 2.05) is 14.1 Å². The molecule has 17 heavy (non-hydrogen) atoms. The normalized spacial score (nSPS) is 19.3. The van der Waals surface area contributed by atoms with E-state index >= 15 is 0 Å². The van der Waals surface area contributed by atoms with Crippen LogP contribution in [0.4, 0.5) is 0 Å². The summed E-state index contributed by atoms with van der Waals surface area (Å²) in [5, 5.41) is 0. The van der Waals surface area contributed by atoms with Gasteiger partial charge in [-0.25, -0.2) is 0 Å². The van der Waals surface area contributed by atoms with Gasteiger partial charge in [0.1, 0.15) is 0 Å². The zero-order valence-corrected chi connectivity index (χ0v) is 12.0. The van der Waals surface area contributed by atoms with E-state index in [9.17, 15) is 0 Å². The molecule has 1 aliphatic heterocycles. The first-order chi connectivity index (χ1) is 7.97. The van der Waals surface area contributed by atoms with Gasteiger partial charge in [-0.2, -0.15) is 0 Å². The Labute approximate surface area is 106 Å². The molecular formula is C12H25BN4. The first-order valence-electron chi connectivity index (χ1n) is 6.25. The Morgan fingerprint density at radius 1 is 1.29 bits per heavy atom. The van der Waals surface area contributed by atoms with Gasteiger partial charge in [-0.3, -0.25) is 0 Å². The molecular weight excluding hydrogens is 211 g/mol. The van der Waals surface area contributed by atoms with Crippen molar-refractivity contribution >= 4 is 6.98 Å². The summed E-state index contributed by atoms with van der Waals surface area (Å²) in [6.07, 6.45) is 8.97. The Kier molecular flexibility index (Phi) is 4.79. The highest BCUT2D eigenvalue weighted by Gasteiger charge is 2.29. The summed E-state index contributed by atoms with van der Waals surface area (Å²) in [5.41, 5.74) is 0. The van der Waals surface area contributed by atoms with Crippen LogP contribution >= 0.6 is 0 Å². The SMILES string of the molecule is CCN(/C=C\N(C)C)B(C)N1C=CN(C)[C@@H]1C. The first-order valence-corrected chi connectivity index (χ1v) is 6.25. The van der Waals surface area contributed by atoms with E-state index in [1.165, 1.54) is 0 Å². The number of hydrogen-bond acceptors (Lipinski definition) is 4. The van der Waals surface area contributed by atoms with E-state index in [2.05, 4.69) is 71.9 Å². The van der Waals surface area contributed by atoms with Crippen LogP contribution in [0.15, 0.2) is 24.8 Å². The molecule has 0 amide bonds. The summed E-state index contributed by atoms with van der Waals surface area (Å²) in [4.78, 5) is 8.98. The van der Waals surface area contributed by atoms with Crippen LogP contribution in [-0.4, -0.2) is 60.3 Å². The van der Waals surface area contributed by atoms with Crippen molar-refractivity contribution in [2.24, 2.45) is 0 Å². The fourth-order valence-corrected chi connectivity index (χ4v) is 1.96. The number of rotatable bonds is 5. The van der Waals surface area contributed by atoms with Crippen LogP contribution < -0.4 is 0 Å². The average molecular weight is 236 g/mol. The quantitative estimate of drug-likeness (QED) is 0.671. The Morgan fingerprint density at radius 2 is 1.94 bits per heavy atom. The predicted molar refractivity (Wildman–Crippen MR) is 75.0 cm³/mol. The van der Waals surface area contributed by atoms with Gasteiger partial charge < -0.3 is 19.4 Å². The van der Waals surface area contributed by atoms with Gasteiger partial charge in [-0.1, -0.05) is 0 Å². The second-order valence-corrected chi connectivity index (χ2v) is 4.77. The van der Waals surface area contributed by atoms with Gasteiger partial charge in [-0.15, -0.1) is 0 Å². The summed E-state index contributed by atoms with van der Waals surface area (Å²) < 4.78 is 0. The fraction of sp³-hybridized carbons (Fsp3) is 0.667. The third-order valence-electron chi connectivity index (χ3n) is 3.33. The summed E-state index contributed by atoms with van der Waals surface area (Å²) >= 11 is 0. The summed E-state index contributed by atoms with van der Waals surface area (Å²) in [6, 6.07) is 0. The molecule has 0 aromatic carbocycles. The lowest BCUT2D eigenvalue weighted by molar-refractivity contribution is 0.261. The molecule has 0 aromatic heterocycles. The monoisotopic (exact) mass is 236 g/mol. The predicted octanol–water partition coefficient (Wildman–Crippen LogP) is 1.52. The number of hydrogen-bond donors (Lipinski definition) is 0. The molecule has 1 atom stereocenters. The molecule has 0 bridgehead atoms. The molecule has 0 aromatic rings. The Hall–Kier alpha value is -1.26. The summed E-state index contributed by atoms with van der Waals surface area (Å²) in [7, 11) is 6.20. The van der Waals surface area contributed by atoms with Crippen molar-refractivity contribution in [2.45, 2.75) is 26.8 Å². The van der Waals surface area contributed by atoms with Crippen molar-refractivity contribution in [3.8, 4) is 0 Å². The lowest BCUT2D eigenvalue weighted by Gasteiger charge is -2.36. The van der Waals surface area contributed by atoms with E-state index in [0.29, 0.717) is 13.1 Å². The van der Waals surface area contributed by atoms with Gasteiger partial charge >= 0.3 is 6.98 Å². The third-order valence-corrected chi connectivity index (χ3v) is 3.33. The lowest BCUT2D eigenvalue weighted by Crippen LogP contribution is -2.50. The largest absolute Gasteiger partial charge is 0.401 e. The van der Waals surface area contributed by atoms with Crippen molar-refractivity contribution in [3.63, 3.8) is 0 Å². The van der Waals surface area contributed by atoms with Gasteiger partial charge in [0, 0.05) is 52.5 Å². The van der Waals surface area contributed by atoms with Gasteiger partial charge in [0.05, 0.1) is 6.17 Å². The zero-order valence-electron chi connectivity index (χ0n) is 12.0. The molecule has 0 N–H and O–H groups in total. The summed E-state index contributed by atoms with van der Waals surface area (Å²) in [6.45, 7) is 8.02. The molecule has 0 saturated carbocycles. The molecule has 0 saturated heterocycles. The van der Waals surface area contributed by atoms with Crippen molar-refractivity contribution in [3.05, 3.63) is 24.8 Å². The highest BCUT2D eigenvalue weighted by atomic mass is 15.4. The van der Waals surface area contributed by atoms with Crippen LogP contribution in [0.5, 0.6) is 0 Å². The minimum absolute atomic E-state index is 0.368. The molecule has 1 heterocycles. The maximum atomic E-state index is 2.36. The Balaban J connectivity index is 2.66. The van der Waals surface area contributed by atoms with Crippen LogP contribution in [0.2, 0.25) is 6.82 Å². The maximum Gasteiger partial charge on any atom is 0.372 e. The first kappa shape index (κ1) is 13.8. The van der Waals surface area contributed by atoms with E-state index < -0.39 is 0 Å². The second-order valence-electron chi connectivity index (χ2n) is 4.77. The van der Waals surface area contributed by atoms with Crippen molar-refractivity contribution in [1.82, 2.24) is 19.4 Å². The third kappa shape index (κ3) is 3.35. The van der Waals surface area contributed by atoms with E-state index in [1.54, 1.807) is 0 Å². The summed E-state index contributed by atoms with van der Waals surface area (Å²) in [5.74, 6) is 0. The molecule has 0 fully saturated rings. The highest BCUT2D eigenvalue weighted by Crippen LogP contribution is 2.16. The van der Waals surface area contributed by atoms with E-state index in [4.69, 9.17) is 0 Å². The van der Waals surface area contributed by atoms with E-state index in [-0.39, 0.29) is 0 Å². The maximum absolute atomic E-state index is 2.36. The molecule has 0 radical (unpaired) electrons. The Bertz CT molecular complexity index is 290. The highest BCUT2D eigenvalue weighted by molar-refractivity contribution is 6.52. The van der Waals surface area contributed by atoms with Crippen LogP contribution in [0.3, 0.4) is 0 Å². The molecule has 0 aliphatic carbocycles.